The molecule has 3 aliphatic rings. The normalized spacial score (nSPS) is 34.9. The lowest BCUT2D eigenvalue weighted by molar-refractivity contribution is 0.00282. The first-order chi connectivity index (χ1) is 10.2. The molecular weight excluding hydrogens is 254 g/mol. The van der Waals surface area contributed by atoms with E-state index in [0.717, 1.165) is 18.4 Å². The van der Waals surface area contributed by atoms with Crippen molar-refractivity contribution in [1.29, 1.82) is 0 Å². The number of likely N-dealkylation sites (tertiary alicyclic amines) is 1. The number of nitrogens with zero attached hydrogens (tertiary/aromatic N) is 1. The lowest BCUT2D eigenvalue weighted by Crippen LogP contribution is -2.59. The third-order valence-electron chi connectivity index (χ3n) is 6.56. The molecule has 1 aromatic rings. The molecule has 0 N–H and O–H groups in total. The van der Waals surface area contributed by atoms with E-state index in [0.29, 0.717) is 5.41 Å². The van der Waals surface area contributed by atoms with Crippen molar-refractivity contribution in [3.63, 3.8) is 0 Å². The van der Waals surface area contributed by atoms with Gasteiger partial charge in [0.15, 0.2) is 0 Å². The van der Waals surface area contributed by atoms with Gasteiger partial charge in [-0.15, -0.1) is 6.58 Å². The van der Waals surface area contributed by atoms with Gasteiger partial charge < -0.3 is 4.90 Å². The lowest BCUT2D eigenvalue weighted by Gasteiger charge is -2.58. The molecule has 2 bridgehead atoms. The molecule has 4 rings (SSSR count). The van der Waals surface area contributed by atoms with Gasteiger partial charge in [0.25, 0.3) is 0 Å². The van der Waals surface area contributed by atoms with Gasteiger partial charge in [-0.25, -0.2) is 0 Å². The largest absolute Gasteiger partial charge is 0.303 e. The molecule has 0 amide bonds. The SMILES string of the molecule is C=CCc1ccc2c(c1)[C@]13CCCC[C@@H]1[C@H](C2)N(C)CC3. The van der Waals surface area contributed by atoms with Crippen molar-refractivity contribution in [3.8, 4) is 0 Å². The van der Waals surface area contributed by atoms with Crippen LogP contribution in [0, 0.1) is 5.92 Å². The standard InChI is InChI=1S/C20H27N/c1-3-6-15-8-9-16-14-19-17-7-4-5-10-20(17,18(16)13-15)11-12-21(19)2/h3,8-9,13,17,19H,1,4-7,10-12,14H2,2H3/t17-,19+,20+/m1/s1. The van der Waals surface area contributed by atoms with Crippen molar-refractivity contribution in [2.75, 3.05) is 13.6 Å². The maximum Gasteiger partial charge on any atom is 0.0169 e. The Hall–Kier alpha value is -1.08. The molecule has 112 valence electrons. The Labute approximate surface area is 129 Å². The van der Waals surface area contributed by atoms with Gasteiger partial charge >= 0.3 is 0 Å². The molecule has 0 unspecified atom stereocenters. The van der Waals surface area contributed by atoms with Crippen LogP contribution in [0.5, 0.6) is 0 Å². The van der Waals surface area contributed by atoms with E-state index in [4.69, 9.17) is 0 Å². The number of fused-ring (bicyclic) bond motifs is 1. The van der Waals surface area contributed by atoms with Gasteiger partial charge in [0.05, 0.1) is 0 Å². The molecule has 3 atom stereocenters. The Kier molecular flexibility index (Phi) is 3.22. The Morgan fingerprint density at radius 3 is 3.10 bits per heavy atom. The van der Waals surface area contributed by atoms with Crippen LogP contribution in [0.2, 0.25) is 0 Å². The van der Waals surface area contributed by atoms with Crippen molar-refractivity contribution in [2.24, 2.45) is 5.92 Å². The third kappa shape index (κ3) is 1.93. The molecule has 1 aromatic carbocycles. The van der Waals surface area contributed by atoms with Gasteiger partial charge in [0.1, 0.15) is 0 Å². The summed E-state index contributed by atoms with van der Waals surface area (Å²) in [4.78, 5) is 2.65. The minimum absolute atomic E-state index is 0.500. The van der Waals surface area contributed by atoms with Crippen molar-refractivity contribution < 1.29 is 0 Å². The van der Waals surface area contributed by atoms with Crippen LogP contribution in [0.25, 0.3) is 0 Å². The first-order valence-electron chi connectivity index (χ1n) is 8.68. The highest BCUT2D eigenvalue weighted by molar-refractivity contribution is 5.44. The minimum atomic E-state index is 0.500. The monoisotopic (exact) mass is 281 g/mol. The quantitative estimate of drug-likeness (QED) is 0.738. The Balaban J connectivity index is 1.85. The van der Waals surface area contributed by atoms with E-state index in [1.54, 1.807) is 11.1 Å². The number of allylic oxidation sites excluding steroid dienone is 1. The van der Waals surface area contributed by atoms with Gasteiger partial charge in [0, 0.05) is 11.5 Å². The van der Waals surface area contributed by atoms with Crippen LogP contribution < -0.4 is 0 Å². The highest BCUT2D eigenvalue weighted by Crippen LogP contribution is 2.55. The molecule has 0 radical (unpaired) electrons. The van der Waals surface area contributed by atoms with Crippen molar-refractivity contribution >= 4 is 0 Å². The van der Waals surface area contributed by atoms with E-state index in [1.165, 1.54) is 50.6 Å². The zero-order valence-electron chi connectivity index (χ0n) is 13.3. The summed E-state index contributed by atoms with van der Waals surface area (Å²) in [5.74, 6) is 0.900. The summed E-state index contributed by atoms with van der Waals surface area (Å²) in [6, 6.07) is 8.08. The summed E-state index contributed by atoms with van der Waals surface area (Å²) < 4.78 is 0. The Morgan fingerprint density at radius 1 is 1.33 bits per heavy atom. The van der Waals surface area contributed by atoms with Crippen LogP contribution in [0.1, 0.15) is 48.8 Å². The average molecular weight is 281 g/mol. The molecule has 1 nitrogen and oxygen atoms in total. The molecule has 1 saturated carbocycles. The van der Waals surface area contributed by atoms with Crippen LogP contribution in [0.15, 0.2) is 30.9 Å². The summed E-state index contributed by atoms with van der Waals surface area (Å²) in [5.41, 5.74) is 5.31. The lowest BCUT2D eigenvalue weighted by atomic mass is 9.52. The van der Waals surface area contributed by atoms with Crippen LogP contribution >= 0.6 is 0 Å². The van der Waals surface area contributed by atoms with Crippen LogP contribution in [0.4, 0.5) is 0 Å². The predicted octanol–water partition coefficient (Wildman–Crippen LogP) is 4.10. The molecule has 0 spiro atoms. The molecule has 1 heteroatoms. The van der Waals surface area contributed by atoms with Crippen molar-refractivity contribution in [2.45, 2.75) is 56.4 Å². The predicted molar refractivity (Wildman–Crippen MR) is 88.7 cm³/mol. The fraction of sp³-hybridized carbons (Fsp3) is 0.600. The van der Waals surface area contributed by atoms with Gasteiger partial charge in [-0.2, -0.15) is 0 Å². The zero-order chi connectivity index (χ0) is 14.4. The summed E-state index contributed by atoms with van der Waals surface area (Å²) in [6.07, 6.45) is 11.4. The maximum absolute atomic E-state index is 3.91. The highest BCUT2D eigenvalue weighted by Gasteiger charge is 2.52. The number of benzene rings is 1. The van der Waals surface area contributed by atoms with Crippen LogP contribution in [-0.4, -0.2) is 24.5 Å². The average Bonchev–Trinajstić information content (AvgIpc) is 2.52. The van der Waals surface area contributed by atoms with Crippen molar-refractivity contribution in [1.82, 2.24) is 4.90 Å². The molecule has 0 aromatic heterocycles. The van der Waals surface area contributed by atoms with Crippen LogP contribution in [0.3, 0.4) is 0 Å². The van der Waals surface area contributed by atoms with Gasteiger partial charge in [-0.1, -0.05) is 37.1 Å². The van der Waals surface area contributed by atoms with E-state index in [9.17, 15) is 0 Å². The number of likely N-dealkylation sites (N-methyl/N-ethyl adjacent to an activating group) is 1. The van der Waals surface area contributed by atoms with E-state index in [-0.39, 0.29) is 0 Å². The molecule has 1 aliphatic heterocycles. The smallest absolute Gasteiger partial charge is 0.0169 e. The minimum Gasteiger partial charge on any atom is -0.303 e. The van der Waals surface area contributed by atoms with Gasteiger partial charge in [-0.3, -0.25) is 0 Å². The fourth-order valence-electron chi connectivity index (χ4n) is 5.54. The zero-order valence-corrected chi connectivity index (χ0v) is 13.3. The van der Waals surface area contributed by atoms with E-state index < -0.39 is 0 Å². The van der Waals surface area contributed by atoms with E-state index in [2.05, 4.69) is 36.7 Å². The molecule has 1 heterocycles. The third-order valence-corrected chi connectivity index (χ3v) is 6.56. The van der Waals surface area contributed by atoms with Gasteiger partial charge in [0.2, 0.25) is 0 Å². The number of hydrogen-bond donors (Lipinski definition) is 0. The first-order valence-corrected chi connectivity index (χ1v) is 8.68. The summed E-state index contributed by atoms with van der Waals surface area (Å²) >= 11 is 0. The van der Waals surface area contributed by atoms with Gasteiger partial charge in [-0.05, 0) is 68.3 Å². The molecule has 2 fully saturated rings. The van der Waals surface area contributed by atoms with E-state index in [1.807, 2.05) is 6.08 Å². The molecule has 2 aliphatic carbocycles. The Bertz CT molecular complexity index is 561. The van der Waals surface area contributed by atoms with E-state index >= 15 is 0 Å². The number of rotatable bonds is 2. The molecule has 1 saturated heterocycles. The summed E-state index contributed by atoms with van der Waals surface area (Å²) in [6.45, 7) is 5.20. The van der Waals surface area contributed by atoms with Crippen molar-refractivity contribution in [3.05, 3.63) is 47.5 Å². The topological polar surface area (TPSA) is 3.24 Å². The first kappa shape index (κ1) is 13.6. The summed E-state index contributed by atoms with van der Waals surface area (Å²) in [7, 11) is 2.35. The summed E-state index contributed by atoms with van der Waals surface area (Å²) in [5, 5.41) is 0. The molecular formula is C20H27N. The second-order valence-electron chi connectivity index (χ2n) is 7.49. The maximum atomic E-state index is 3.91. The molecule has 21 heavy (non-hydrogen) atoms. The Morgan fingerprint density at radius 2 is 2.24 bits per heavy atom. The highest BCUT2D eigenvalue weighted by atomic mass is 15.1. The second kappa shape index (κ2) is 4.98. The second-order valence-corrected chi connectivity index (χ2v) is 7.49. The van der Waals surface area contributed by atoms with Crippen LogP contribution in [-0.2, 0) is 18.3 Å². The number of hydrogen-bond acceptors (Lipinski definition) is 1. The fourth-order valence-corrected chi connectivity index (χ4v) is 5.54. The number of piperidine rings is 1.